The van der Waals surface area contributed by atoms with Crippen LogP contribution in [-0.4, -0.2) is 28.5 Å². The van der Waals surface area contributed by atoms with E-state index in [0.717, 1.165) is 19.7 Å². The molecule has 1 N–H and O–H groups in total. The topological polar surface area (TPSA) is 39.1 Å². The minimum absolute atomic E-state index is 0.100. The number of aryl methyl sites for hydroxylation is 1. The number of ether oxygens (including phenoxy) is 1. The summed E-state index contributed by atoms with van der Waals surface area (Å²) in [6.07, 6.45) is 3.89. The van der Waals surface area contributed by atoms with E-state index >= 15 is 0 Å². The Hall–Kier alpha value is -0.870. The van der Waals surface area contributed by atoms with E-state index in [1.54, 1.807) is 0 Å². The number of rotatable bonds is 6. The van der Waals surface area contributed by atoms with E-state index in [-0.39, 0.29) is 5.60 Å². The van der Waals surface area contributed by atoms with Gasteiger partial charge in [-0.25, -0.2) is 0 Å². The van der Waals surface area contributed by atoms with Crippen LogP contribution in [0.1, 0.15) is 26.3 Å². The lowest BCUT2D eigenvalue weighted by Crippen LogP contribution is -2.37. The van der Waals surface area contributed by atoms with Crippen molar-refractivity contribution in [3.05, 3.63) is 18.0 Å². The highest BCUT2D eigenvalue weighted by Gasteiger charge is 2.16. The Labute approximate surface area is 91.6 Å². The van der Waals surface area contributed by atoms with E-state index in [1.165, 1.54) is 5.56 Å². The average Bonchev–Trinajstić information content (AvgIpc) is 2.51. The van der Waals surface area contributed by atoms with Gasteiger partial charge < -0.3 is 10.1 Å². The quantitative estimate of drug-likeness (QED) is 0.771. The summed E-state index contributed by atoms with van der Waals surface area (Å²) in [6.45, 7) is 8.63. The molecule has 0 atom stereocenters. The van der Waals surface area contributed by atoms with Crippen LogP contribution in [0.3, 0.4) is 0 Å². The molecule has 86 valence electrons. The normalized spacial score (nSPS) is 12.0. The van der Waals surface area contributed by atoms with E-state index in [9.17, 15) is 0 Å². The molecule has 1 rings (SSSR count). The SMILES string of the molecule is CCOC(C)(C)CNCc1cnn(C)c1. The van der Waals surface area contributed by atoms with Gasteiger partial charge in [0.25, 0.3) is 0 Å². The van der Waals surface area contributed by atoms with Crippen LogP contribution < -0.4 is 5.32 Å². The molecule has 4 nitrogen and oxygen atoms in total. The largest absolute Gasteiger partial charge is 0.375 e. The van der Waals surface area contributed by atoms with Gasteiger partial charge in [0.1, 0.15) is 0 Å². The number of hydrogen-bond donors (Lipinski definition) is 1. The second kappa shape index (κ2) is 5.28. The maximum Gasteiger partial charge on any atom is 0.0750 e. The van der Waals surface area contributed by atoms with Crippen molar-refractivity contribution in [1.29, 1.82) is 0 Å². The molecule has 4 heteroatoms. The zero-order valence-electron chi connectivity index (χ0n) is 10.1. The van der Waals surface area contributed by atoms with Gasteiger partial charge in [-0.3, -0.25) is 4.68 Å². The molecule has 0 aromatic carbocycles. The van der Waals surface area contributed by atoms with E-state index in [2.05, 4.69) is 24.3 Å². The molecule has 1 aromatic rings. The van der Waals surface area contributed by atoms with Gasteiger partial charge in [-0.05, 0) is 20.8 Å². The smallest absolute Gasteiger partial charge is 0.0750 e. The van der Waals surface area contributed by atoms with Crippen LogP contribution in [0, 0.1) is 0 Å². The van der Waals surface area contributed by atoms with Crippen molar-refractivity contribution in [2.75, 3.05) is 13.2 Å². The Bertz CT molecular complexity index is 294. The lowest BCUT2D eigenvalue weighted by atomic mass is 10.1. The molecule has 0 radical (unpaired) electrons. The first-order valence-electron chi connectivity index (χ1n) is 5.36. The van der Waals surface area contributed by atoms with Crippen LogP contribution in [0.4, 0.5) is 0 Å². The standard InChI is InChI=1S/C11H21N3O/c1-5-15-11(2,3)9-12-6-10-7-13-14(4)8-10/h7-8,12H,5-6,9H2,1-4H3. The molecule has 1 aromatic heterocycles. The summed E-state index contributed by atoms with van der Waals surface area (Å²) in [6, 6.07) is 0. The number of aromatic nitrogens is 2. The molecule has 0 fully saturated rings. The molecule has 0 aliphatic heterocycles. The summed E-state index contributed by atoms with van der Waals surface area (Å²) in [5.74, 6) is 0. The van der Waals surface area contributed by atoms with Gasteiger partial charge in [0.2, 0.25) is 0 Å². The van der Waals surface area contributed by atoms with Crippen LogP contribution in [0.5, 0.6) is 0 Å². The molecule has 0 bridgehead atoms. The number of nitrogens with zero attached hydrogens (tertiary/aromatic N) is 2. The third-order valence-corrected chi connectivity index (χ3v) is 2.17. The first-order valence-corrected chi connectivity index (χ1v) is 5.36. The molecular weight excluding hydrogens is 190 g/mol. The Morgan fingerprint density at radius 3 is 2.80 bits per heavy atom. The average molecular weight is 211 g/mol. The number of nitrogens with one attached hydrogen (secondary N) is 1. The summed E-state index contributed by atoms with van der Waals surface area (Å²) in [5, 5.41) is 7.48. The Kier molecular flexibility index (Phi) is 4.29. The molecule has 0 unspecified atom stereocenters. The molecule has 0 saturated carbocycles. The summed E-state index contributed by atoms with van der Waals surface area (Å²) in [7, 11) is 1.92. The monoisotopic (exact) mass is 211 g/mol. The Morgan fingerprint density at radius 1 is 1.53 bits per heavy atom. The zero-order valence-corrected chi connectivity index (χ0v) is 10.1. The van der Waals surface area contributed by atoms with Crippen LogP contribution in [0.25, 0.3) is 0 Å². The van der Waals surface area contributed by atoms with Crippen molar-refractivity contribution in [3.63, 3.8) is 0 Å². The maximum atomic E-state index is 5.59. The maximum absolute atomic E-state index is 5.59. The molecule has 0 amide bonds. The van der Waals surface area contributed by atoms with Crippen molar-refractivity contribution in [1.82, 2.24) is 15.1 Å². The van der Waals surface area contributed by atoms with Crippen LogP contribution >= 0.6 is 0 Å². The predicted molar refractivity (Wildman–Crippen MR) is 60.6 cm³/mol. The molecular formula is C11H21N3O. The third-order valence-electron chi connectivity index (χ3n) is 2.17. The van der Waals surface area contributed by atoms with Gasteiger partial charge in [0, 0.05) is 38.5 Å². The fourth-order valence-electron chi connectivity index (χ4n) is 1.51. The lowest BCUT2D eigenvalue weighted by molar-refractivity contribution is -0.00897. The first kappa shape index (κ1) is 12.2. The second-order valence-electron chi connectivity index (χ2n) is 4.32. The van der Waals surface area contributed by atoms with E-state index in [0.29, 0.717) is 0 Å². The van der Waals surface area contributed by atoms with Crippen molar-refractivity contribution in [3.8, 4) is 0 Å². The van der Waals surface area contributed by atoms with Gasteiger partial charge in [-0.2, -0.15) is 5.10 Å². The predicted octanol–water partition coefficient (Wildman–Crippen LogP) is 1.32. The highest BCUT2D eigenvalue weighted by Crippen LogP contribution is 2.07. The summed E-state index contributed by atoms with van der Waals surface area (Å²) >= 11 is 0. The van der Waals surface area contributed by atoms with Crippen molar-refractivity contribution >= 4 is 0 Å². The summed E-state index contributed by atoms with van der Waals surface area (Å²) < 4.78 is 7.40. The molecule has 0 aliphatic carbocycles. The van der Waals surface area contributed by atoms with Gasteiger partial charge in [0.15, 0.2) is 0 Å². The van der Waals surface area contributed by atoms with Crippen LogP contribution in [0.2, 0.25) is 0 Å². The van der Waals surface area contributed by atoms with Gasteiger partial charge in [-0.1, -0.05) is 0 Å². The molecule has 0 saturated heterocycles. The molecule has 1 heterocycles. The summed E-state index contributed by atoms with van der Waals surface area (Å²) in [5.41, 5.74) is 1.10. The minimum atomic E-state index is -0.100. The molecule has 15 heavy (non-hydrogen) atoms. The first-order chi connectivity index (χ1) is 7.03. The number of hydrogen-bond acceptors (Lipinski definition) is 3. The van der Waals surface area contributed by atoms with Gasteiger partial charge >= 0.3 is 0 Å². The fraction of sp³-hybridized carbons (Fsp3) is 0.727. The lowest BCUT2D eigenvalue weighted by Gasteiger charge is -2.24. The molecule has 0 aliphatic rings. The van der Waals surface area contributed by atoms with E-state index in [1.807, 2.05) is 31.0 Å². The Balaban J connectivity index is 2.27. The van der Waals surface area contributed by atoms with E-state index in [4.69, 9.17) is 4.74 Å². The summed E-state index contributed by atoms with van der Waals surface area (Å²) in [4.78, 5) is 0. The third kappa shape index (κ3) is 4.44. The van der Waals surface area contributed by atoms with Crippen LogP contribution in [0.15, 0.2) is 12.4 Å². The highest BCUT2D eigenvalue weighted by molar-refractivity contribution is 5.02. The highest BCUT2D eigenvalue weighted by atomic mass is 16.5. The van der Waals surface area contributed by atoms with Crippen LogP contribution in [-0.2, 0) is 18.3 Å². The fourth-order valence-corrected chi connectivity index (χ4v) is 1.51. The van der Waals surface area contributed by atoms with Crippen molar-refractivity contribution in [2.45, 2.75) is 32.9 Å². The second-order valence-corrected chi connectivity index (χ2v) is 4.32. The van der Waals surface area contributed by atoms with Gasteiger partial charge in [0.05, 0.1) is 11.8 Å². The van der Waals surface area contributed by atoms with Gasteiger partial charge in [-0.15, -0.1) is 0 Å². The van der Waals surface area contributed by atoms with Crippen molar-refractivity contribution < 1.29 is 4.74 Å². The minimum Gasteiger partial charge on any atom is -0.375 e. The zero-order chi connectivity index (χ0) is 11.3. The van der Waals surface area contributed by atoms with E-state index < -0.39 is 0 Å². The van der Waals surface area contributed by atoms with Crippen molar-refractivity contribution in [2.24, 2.45) is 7.05 Å². The molecule has 0 spiro atoms. The Morgan fingerprint density at radius 2 is 2.27 bits per heavy atom.